The van der Waals surface area contributed by atoms with Gasteiger partial charge in [-0.05, 0) is 43.4 Å². The number of ether oxygens (including phenoxy) is 1. The molecule has 0 radical (unpaired) electrons. The summed E-state index contributed by atoms with van der Waals surface area (Å²) in [4.78, 5) is 13.6. The van der Waals surface area contributed by atoms with E-state index in [1.54, 1.807) is 18.2 Å². The van der Waals surface area contributed by atoms with Crippen LogP contribution in [0.3, 0.4) is 0 Å². The fourth-order valence-electron chi connectivity index (χ4n) is 3.61. The molecule has 0 saturated carbocycles. The van der Waals surface area contributed by atoms with E-state index < -0.39 is 15.1 Å². The van der Waals surface area contributed by atoms with Gasteiger partial charge in [-0.15, -0.1) is 0 Å². The Labute approximate surface area is 181 Å². The zero-order valence-electron chi connectivity index (χ0n) is 17.4. The third-order valence-corrected chi connectivity index (χ3v) is 7.32. The number of fused-ring (bicyclic) bond motifs is 1. The molecule has 1 atom stereocenters. The molecule has 1 fully saturated rings. The Kier molecular flexibility index (Phi) is 5.76. The minimum Gasteiger partial charge on any atom is -0.497 e. The number of likely N-dealkylation sites (N-methyl/N-ethyl adjacent to an activating group) is 1. The maximum atomic E-state index is 13.4. The molecule has 4 rings (SSSR count). The van der Waals surface area contributed by atoms with Crippen LogP contribution in [0.1, 0.15) is 10.9 Å². The van der Waals surface area contributed by atoms with Crippen LogP contribution in [0.5, 0.6) is 5.75 Å². The molecule has 0 amide bonds. The van der Waals surface area contributed by atoms with Gasteiger partial charge in [0, 0.05) is 26.2 Å². The first-order valence-electron chi connectivity index (χ1n) is 9.92. The third-order valence-electron chi connectivity index (χ3n) is 5.44. The number of methoxy groups -OCH3 is 1. The molecule has 1 aliphatic heterocycles. The molecule has 0 N–H and O–H groups in total. The molecule has 0 unspecified atom stereocenters. The fourth-order valence-corrected chi connectivity index (χ4v) is 4.99. The lowest BCUT2D eigenvalue weighted by atomic mass is 10.2. The Bertz CT molecular complexity index is 1230. The zero-order chi connectivity index (χ0) is 22.0. The van der Waals surface area contributed by atoms with Crippen molar-refractivity contribution in [2.75, 3.05) is 45.2 Å². The van der Waals surface area contributed by atoms with Crippen LogP contribution in [-0.2, 0) is 9.84 Å². The van der Waals surface area contributed by atoms with Crippen molar-refractivity contribution in [2.45, 2.75) is 10.1 Å². The van der Waals surface area contributed by atoms with Crippen LogP contribution in [0.15, 0.2) is 53.4 Å². The molecule has 2 aromatic carbocycles. The molecule has 2 heterocycles. The van der Waals surface area contributed by atoms with Gasteiger partial charge >= 0.3 is 0 Å². The molecule has 0 spiro atoms. The first kappa shape index (κ1) is 21.0. The molecule has 8 nitrogen and oxygen atoms in total. The summed E-state index contributed by atoms with van der Waals surface area (Å²) in [6.07, 6.45) is 0. The molecular weight excluding hydrogens is 414 g/mol. The summed E-state index contributed by atoms with van der Waals surface area (Å²) >= 11 is 0. The van der Waals surface area contributed by atoms with Crippen molar-refractivity contribution in [1.29, 1.82) is 5.26 Å². The average Bonchev–Trinajstić information content (AvgIpc) is 2.79. The van der Waals surface area contributed by atoms with Gasteiger partial charge in [-0.1, -0.05) is 12.1 Å². The molecule has 160 valence electrons. The van der Waals surface area contributed by atoms with E-state index in [2.05, 4.69) is 9.88 Å². The zero-order valence-corrected chi connectivity index (χ0v) is 18.2. The van der Waals surface area contributed by atoms with Crippen LogP contribution in [0.2, 0.25) is 0 Å². The highest BCUT2D eigenvalue weighted by Crippen LogP contribution is 2.34. The predicted molar refractivity (Wildman–Crippen MR) is 118 cm³/mol. The van der Waals surface area contributed by atoms with Gasteiger partial charge in [0.05, 0.1) is 29.1 Å². The fraction of sp³-hybridized carbons (Fsp3) is 0.318. The number of sulfone groups is 1. The molecule has 3 aromatic rings. The maximum absolute atomic E-state index is 13.4. The molecule has 31 heavy (non-hydrogen) atoms. The number of benzene rings is 2. The van der Waals surface area contributed by atoms with Crippen LogP contribution in [0, 0.1) is 11.3 Å². The highest BCUT2D eigenvalue weighted by molar-refractivity contribution is 7.92. The van der Waals surface area contributed by atoms with E-state index in [0.29, 0.717) is 35.7 Å². The second kappa shape index (κ2) is 8.49. The topological polar surface area (TPSA) is 99.4 Å². The molecular formula is C22H23N5O3S. The monoisotopic (exact) mass is 437 g/mol. The van der Waals surface area contributed by atoms with E-state index in [9.17, 15) is 13.7 Å². The van der Waals surface area contributed by atoms with Gasteiger partial charge in [-0.2, -0.15) is 5.26 Å². The molecule has 1 aromatic heterocycles. The number of piperazine rings is 1. The number of anilines is 1. The number of rotatable bonds is 5. The minimum absolute atomic E-state index is 0.0409. The lowest BCUT2D eigenvalue weighted by Crippen LogP contribution is -2.45. The lowest BCUT2D eigenvalue weighted by molar-refractivity contribution is 0.312. The largest absolute Gasteiger partial charge is 0.497 e. The quantitative estimate of drug-likeness (QED) is 0.600. The smallest absolute Gasteiger partial charge is 0.200 e. The molecule has 9 heteroatoms. The van der Waals surface area contributed by atoms with Crippen molar-refractivity contribution in [3.63, 3.8) is 0 Å². The molecule has 1 aliphatic rings. The van der Waals surface area contributed by atoms with Crippen LogP contribution < -0.4 is 9.64 Å². The Morgan fingerprint density at radius 1 is 1.00 bits per heavy atom. The number of hydrogen-bond acceptors (Lipinski definition) is 8. The highest BCUT2D eigenvalue weighted by Gasteiger charge is 2.35. The van der Waals surface area contributed by atoms with E-state index in [1.807, 2.05) is 36.2 Å². The SMILES string of the molecule is COc1ccc(S(=O)(=O)[C@H](C#N)c2nc3ccccc3nc2N2CCN(C)CC2)cc1. The van der Waals surface area contributed by atoms with Crippen molar-refractivity contribution in [1.82, 2.24) is 14.9 Å². The summed E-state index contributed by atoms with van der Waals surface area (Å²) in [5.41, 5.74) is 1.39. The van der Waals surface area contributed by atoms with Crippen molar-refractivity contribution in [3.05, 3.63) is 54.2 Å². The lowest BCUT2D eigenvalue weighted by Gasteiger charge is -2.34. The number of para-hydroxylation sites is 2. The Morgan fingerprint density at radius 3 is 2.19 bits per heavy atom. The van der Waals surface area contributed by atoms with E-state index in [1.165, 1.54) is 19.2 Å². The van der Waals surface area contributed by atoms with Crippen molar-refractivity contribution in [3.8, 4) is 11.8 Å². The average molecular weight is 438 g/mol. The van der Waals surface area contributed by atoms with Gasteiger partial charge < -0.3 is 14.5 Å². The van der Waals surface area contributed by atoms with Gasteiger partial charge in [-0.3, -0.25) is 0 Å². The first-order valence-corrected chi connectivity index (χ1v) is 11.5. The van der Waals surface area contributed by atoms with Crippen molar-refractivity contribution >= 4 is 26.7 Å². The number of nitrogens with zero attached hydrogens (tertiary/aromatic N) is 5. The second-order valence-corrected chi connectivity index (χ2v) is 9.47. The normalized spacial score (nSPS) is 16.1. The number of hydrogen-bond donors (Lipinski definition) is 0. The summed E-state index contributed by atoms with van der Waals surface area (Å²) < 4.78 is 32.0. The number of nitriles is 1. The molecule has 1 saturated heterocycles. The Morgan fingerprint density at radius 2 is 1.61 bits per heavy atom. The van der Waals surface area contributed by atoms with E-state index in [4.69, 9.17) is 9.72 Å². The van der Waals surface area contributed by atoms with Gasteiger partial charge in [0.15, 0.2) is 11.1 Å². The van der Waals surface area contributed by atoms with Gasteiger partial charge in [0.1, 0.15) is 11.4 Å². The van der Waals surface area contributed by atoms with Crippen LogP contribution in [0.25, 0.3) is 11.0 Å². The third kappa shape index (κ3) is 4.04. The van der Waals surface area contributed by atoms with Crippen LogP contribution in [0.4, 0.5) is 5.82 Å². The molecule has 0 aliphatic carbocycles. The maximum Gasteiger partial charge on any atom is 0.200 e. The van der Waals surface area contributed by atoms with Crippen LogP contribution in [-0.4, -0.2) is 63.6 Å². The number of aromatic nitrogens is 2. The first-order chi connectivity index (χ1) is 14.9. The summed E-state index contributed by atoms with van der Waals surface area (Å²) in [5.74, 6) is 0.992. The minimum atomic E-state index is -4.03. The van der Waals surface area contributed by atoms with Gasteiger partial charge in [0.2, 0.25) is 9.84 Å². The highest BCUT2D eigenvalue weighted by atomic mass is 32.2. The van der Waals surface area contributed by atoms with E-state index >= 15 is 0 Å². The molecule has 0 bridgehead atoms. The van der Waals surface area contributed by atoms with Crippen molar-refractivity contribution in [2.24, 2.45) is 0 Å². The standard InChI is InChI=1S/C22H23N5O3S/c1-26-11-13-27(14-12-26)22-21(24-18-5-3-4-6-19(18)25-22)20(15-23)31(28,29)17-9-7-16(30-2)8-10-17/h3-10,20H,11-14H2,1-2H3/t20-/m1/s1. The Hall–Kier alpha value is -3.22. The summed E-state index contributed by atoms with van der Waals surface area (Å²) in [6, 6.07) is 15.3. The Balaban J connectivity index is 1.85. The summed E-state index contributed by atoms with van der Waals surface area (Å²) in [7, 11) is -0.479. The van der Waals surface area contributed by atoms with Crippen LogP contribution >= 0.6 is 0 Å². The summed E-state index contributed by atoms with van der Waals surface area (Å²) in [5, 5.41) is 8.49. The van der Waals surface area contributed by atoms with Gasteiger partial charge in [0.25, 0.3) is 0 Å². The van der Waals surface area contributed by atoms with Crippen molar-refractivity contribution < 1.29 is 13.2 Å². The van der Waals surface area contributed by atoms with E-state index in [-0.39, 0.29) is 10.6 Å². The predicted octanol–water partition coefficient (Wildman–Crippen LogP) is 2.43. The van der Waals surface area contributed by atoms with E-state index in [0.717, 1.165) is 13.1 Å². The summed E-state index contributed by atoms with van der Waals surface area (Å²) in [6.45, 7) is 2.99. The van der Waals surface area contributed by atoms with Gasteiger partial charge in [-0.25, -0.2) is 18.4 Å². The second-order valence-electron chi connectivity index (χ2n) is 7.44.